The number of rotatable bonds is 8. The van der Waals surface area contributed by atoms with Crippen molar-refractivity contribution in [3.8, 4) is 0 Å². The van der Waals surface area contributed by atoms with Crippen LogP contribution in [0.15, 0.2) is 0 Å². The zero-order valence-electron chi connectivity index (χ0n) is 10.9. The van der Waals surface area contributed by atoms with E-state index in [0.717, 1.165) is 19.1 Å². The second kappa shape index (κ2) is 7.66. The van der Waals surface area contributed by atoms with Crippen molar-refractivity contribution in [2.45, 2.75) is 39.2 Å². The minimum Gasteiger partial charge on any atom is -0.355 e. The zero-order valence-corrected chi connectivity index (χ0v) is 11.7. The third-order valence-corrected chi connectivity index (χ3v) is 3.37. The van der Waals surface area contributed by atoms with Crippen molar-refractivity contribution < 1.29 is 13.2 Å². The van der Waals surface area contributed by atoms with Gasteiger partial charge in [0.1, 0.15) is 9.84 Å². The second-order valence-electron chi connectivity index (χ2n) is 4.85. The van der Waals surface area contributed by atoms with Gasteiger partial charge in [-0.1, -0.05) is 13.8 Å². The van der Waals surface area contributed by atoms with Crippen LogP contribution in [0.3, 0.4) is 0 Å². The predicted molar refractivity (Wildman–Crippen MR) is 69.4 cm³/mol. The van der Waals surface area contributed by atoms with Gasteiger partial charge in [-0.2, -0.15) is 0 Å². The van der Waals surface area contributed by atoms with Crippen LogP contribution in [0.5, 0.6) is 0 Å². The number of amides is 1. The lowest BCUT2D eigenvalue weighted by molar-refractivity contribution is -0.122. The maximum Gasteiger partial charge on any atom is 0.236 e. The van der Waals surface area contributed by atoms with Crippen LogP contribution in [0.25, 0.3) is 0 Å². The van der Waals surface area contributed by atoms with Crippen molar-refractivity contribution in [2.75, 3.05) is 18.6 Å². The lowest BCUT2D eigenvalue weighted by Gasteiger charge is -2.12. The number of carbonyl (C=O) groups is 1. The molecule has 0 saturated carbocycles. The highest BCUT2D eigenvalue weighted by Crippen LogP contribution is 2.02. The molecule has 0 rings (SSSR count). The van der Waals surface area contributed by atoms with Crippen LogP contribution < -0.4 is 11.1 Å². The Balaban J connectivity index is 3.75. The molecule has 1 unspecified atom stereocenters. The summed E-state index contributed by atoms with van der Waals surface area (Å²) in [6.45, 7) is 4.85. The topological polar surface area (TPSA) is 89.3 Å². The Kier molecular flexibility index (Phi) is 7.38. The SMILES string of the molecule is CC(C)CCCNC(=O)C(N)CCS(C)(=O)=O. The molecule has 6 heteroatoms. The summed E-state index contributed by atoms with van der Waals surface area (Å²) in [5.74, 6) is 0.302. The first kappa shape index (κ1) is 16.4. The van der Waals surface area contributed by atoms with E-state index in [0.29, 0.717) is 12.5 Å². The first-order chi connectivity index (χ1) is 7.72. The van der Waals surface area contributed by atoms with Crippen LogP contribution in [0, 0.1) is 5.92 Å². The molecule has 0 heterocycles. The fourth-order valence-corrected chi connectivity index (χ4v) is 2.01. The third-order valence-electron chi connectivity index (χ3n) is 2.39. The molecule has 0 aliphatic heterocycles. The predicted octanol–water partition coefficient (Wildman–Crippen LogP) is 0.301. The fourth-order valence-electron chi connectivity index (χ4n) is 1.33. The number of sulfone groups is 1. The maximum atomic E-state index is 11.5. The molecular weight excluding hydrogens is 240 g/mol. The van der Waals surface area contributed by atoms with Crippen LogP contribution in [0.1, 0.15) is 33.1 Å². The molecule has 0 aliphatic rings. The molecule has 5 nitrogen and oxygen atoms in total. The lowest BCUT2D eigenvalue weighted by Crippen LogP contribution is -2.42. The van der Waals surface area contributed by atoms with Crippen LogP contribution in [-0.4, -0.2) is 38.9 Å². The Hall–Kier alpha value is -0.620. The molecule has 1 amide bonds. The highest BCUT2D eigenvalue weighted by molar-refractivity contribution is 7.90. The number of nitrogens with two attached hydrogens (primary N) is 1. The number of hydrogen-bond acceptors (Lipinski definition) is 4. The van der Waals surface area contributed by atoms with Crippen molar-refractivity contribution in [3.63, 3.8) is 0 Å². The highest BCUT2D eigenvalue weighted by atomic mass is 32.2. The third kappa shape index (κ3) is 10.3. The Morgan fingerprint density at radius 2 is 1.88 bits per heavy atom. The molecular formula is C11H24N2O3S. The normalized spacial score (nSPS) is 13.7. The molecule has 0 aromatic rings. The Bertz CT molecular complexity index is 326. The average Bonchev–Trinajstić information content (AvgIpc) is 2.19. The summed E-state index contributed by atoms with van der Waals surface area (Å²) in [7, 11) is -3.05. The minimum atomic E-state index is -3.05. The van der Waals surface area contributed by atoms with Crippen molar-refractivity contribution >= 4 is 15.7 Å². The molecule has 0 saturated heterocycles. The van der Waals surface area contributed by atoms with Crippen molar-refractivity contribution in [1.82, 2.24) is 5.32 Å². The average molecular weight is 264 g/mol. The van der Waals surface area contributed by atoms with Crippen LogP contribution in [0.4, 0.5) is 0 Å². The standard InChI is InChI=1S/C11H24N2O3S/c1-9(2)5-4-7-13-11(14)10(12)6-8-17(3,15)16/h9-10H,4-8,12H2,1-3H3,(H,13,14). The number of nitrogens with one attached hydrogen (secondary N) is 1. The van der Waals surface area contributed by atoms with E-state index in [-0.39, 0.29) is 18.1 Å². The van der Waals surface area contributed by atoms with E-state index in [1.54, 1.807) is 0 Å². The molecule has 0 aliphatic carbocycles. The first-order valence-corrected chi connectivity index (χ1v) is 7.99. The summed E-state index contributed by atoms with van der Waals surface area (Å²) in [5.41, 5.74) is 5.59. The molecule has 3 N–H and O–H groups in total. The summed E-state index contributed by atoms with van der Waals surface area (Å²) in [5, 5.41) is 2.72. The van der Waals surface area contributed by atoms with E-state index in [9.17, 15) is 13.2 Å². The zero-order chi connectivity index (χ0) is 13.5. The van der Waals surface area contributed by atoms with Gasteiger partial charge in [0.05, 0.1) is 11.8 Å². The summed E-state index contributed by atoms with van der Waals surface area (Å²) in [6.07, 6.45) is 3.29. The van der Waals surface area contributed by atoms with Gasteiger partial charge in [0.2, 0.25) is 5.91 Å². The van der Waals surface area contributed by atoms with Gasteiger partial charge in [-0.3, -0.25) is 4.79 Å². The van der Waals surface area contributed by atoms with Gasteiger partial charge in [-0.15, -0.1) is 0 Å². The van der Waals surface area contributed by atoms with Crippen LogP contribution in [-0.2, 0) is 14.6 Å². The van der Waals surface area contributed by atoms with Gasteiger partial charge in [0, 0.05) is 12.8 Å². The smallest absolute Gasteiger partial charge is 0.236 e. The quantitative estimate of drug-likeness (QED) is 0.617. The molecule has 0 bridgehead atoms. The monoisotopic (exact) mass is 264 g/mol. The van der Waals surface area contributed by atoms with Gasteiger partial charge >= 0.3 is 0 Å². The van der Waals surface area contributed by atoms with E-state index < -0.39 is 15.9 Å². The van der Waals surface area contributed by atoms with E-state index >= 15 is 0 Å². The van der Waals surface area contributed by atoms with E-state index in [4.69, 9.17) is 5.73 Å². The van der Waals surface area contributed by atoms with Gasteiger partial charge in [0.15, 0.2) is 0 Å². The lowest BCUT2D eigenvalue weighted by atomic mass is 10.1. The fraction of sp³-hybridized carbons (Fsp3) is 0.909. The molecule has 0 aromatic carbocycles. The summed E-state index contributed by atoms with van der Waals surface area (Å²) in [4.78, 5) is 11.5. The Morgan fingerprint density at radius 1 is 1.29 bits per heavy atom. The van der Waals surface area contributed by atoms with Crippen LogP contribution >= 0.6 is 0 Å². The molecule has 102 valence electrons. The first-order valence-electron chi connectivity index (χ1n) is 5.93. The summed E-state index contributed by atoms with van der Waals surface area (Å²) < 4.78 is 21.8. The van der Waals surface area contributed by atoms with E-state index in [1.807, 2.05) is 0 Å². The molecule has 0 spiro atoms. The second-order valence-corrected chi connectivity index (χ2v) is 7.11. The molecule has 0 radical (unpaired) electrons. The van der Waals surface area contributed by atoms with Crippen molar-refractivity contribution in [2.24, 2.45) is 11.7 Å². The summed E-state index contributed by atoms with van der Waals surface area (Å²) >= 11 is 0. The van der Waals surface area contributed by atoms with E-state index in [1.165, 1.54) is 0 Å². The molecule has 0 aromatic heterocycles. The minimum absolute atomic E-state index is 0.0480. The Morgan fingerprint density at radius 3 is 2.35 bits per heavy atom. The van der Waals surface area contributed by atoms with Gasteiger partial charge < -0.3 is 11.1 Å². The Labute approximate surface area is 104 Å². The van der Waals surface area contributed by atoms with Crippen molar-refractivity contribution in [1.29, 1.82) is 0 Å². The van der Waals surface area contributed by atoms with Gasteiger partial charge in [-0.25, -0.2) is 8.42 Å². The van der Waals surface area contributed by atoms with Gasteiger partial charge in [0.25, 0.3) is 0 Å². The van der Waals surface area contributed by atoms with Crippen molar-refractivity contribution in [3.05, 3.63) is 0 Å². The molecule has 17 heavy (non-hydrogen) atoms. The highest BCUT2D eigenvalue weighted by Gasteiger charge is 2.15. The van der Waals surface area contributed by atoms with E-state index in [2.05, 4.69) is 19.2 Å². The number of carbonyl (C=O) groups excluding carboxylic acids is 1. The van der Waals surface area contributed by atoms with Crippen LogP contribution in [0.2, 0.25) is 0 Å². The summed E-state index contributed by atoms with van der Waals surface area (Å²) in [6, 6.07) is -0.733. The molecule has 1 atom stereocenters. The van der Waals surface area contributed by atoms with Gasteiger partial charge in [-0.05, 0) is 25.2 Å². The number of hydrogen-bond donors (Lipinski definition) is 2. The maximum absolute atomic E-state index is 11.5. The largest absolute Gasteiger partial charge is 0.355 e. The molecule has 0 fully saturated rings.